The van der Waals surface area contributed by atoms with Gasteiger partial charge in [-0.3, -0.25) is 9.59 Å². The van der Waals surface area contributed by atoms with Crippen LogP contribution < -0.4 is 24.3 Å². The Morgan fingerprint density at radius 1 is 0.975 bits per heavy atom. The number of rotatable bonds is 13. The zero-order chi connectivity index (χ0) is 28.3. The van der Waals surface area contributed by atoms with Crippen LogP contribution in [0.25, 0.3) is 0 Å². The average molecular weight is 567 g/mol. The van der Waals surface area contributed by atoms with Gasteiger partial charge in [0.1, 0.15) is 11.8 Å². The first-order valence-electron chi connectivity index (χ1n) is 13.6. The van der Waals surface area contributed by atoms with E-state index in [9.17, 15) is 9.59 Å². The predicted octanol–water partition coefficient (Wildman–Crippen LogP) is 5.03. The molecule has 1 atom stereocenters. The third kappa shape index (κ3) is 7.47. The van der Waals surface area contributed by atoms with Crippen molar-refractivity contribution in [2.24, 2.45) is 0 Å². The number of nitrogens with zero attached hydrogens (tertiary/aromatic N) is 1. The van der Waals surface area contributed by atoms with Crippen molar-refractivity contribution < 1.29 is 28.5 Å². The van der Waals surface area contributed by atoms with Crippen LogP contribution in [0.4, 0.5) is 0 Å². The largest absolute Gasteiger partial charge is 0.496 e. The molecule has 3 aromatic rings. The highest BCUT2D eigenvalue weighted by molar-refractivity contribution is 7.07. The van der Waals surface area contributed by atoms with Crippen molar-refractivity contribution in [2.45, 2.75) is 51.1 Å². The number of methoxy groups -OCH3 is 3. The van der Waals surface area contributed by atoms with E-state index in [2.05, 4.69) is 16.8 Å². The molecule has 1 aliphatic heterocycles. The van der Waals surface area contributed by atoms with Gasteiger partial charge in [0.15, 0.2) is 11.5 Å². The predicted molar refractivity (Wildman–Crippen MR) is 156 cm³/mol. The van der Waals surface area contributed by atoms with Crippen LogP contribution in [0, 0.1) is 0 Å². The standard InChI is InChI=1S/C31H38N2O6S/c1-36-26-10-5-4-8-24(26)11-12-29(34)33(25-9-6-7-15-32-31(25)35)20-23-18-27(37-2)30(28(19-23)38-3)39-16-13-22-14-17-40-21-22/h4-5,8,10,14,17-19,21,25H,6-7,9,11-13,15-16,20H2,1-3H3,(H,32,35)/t25-/m0/s1. The number of hydrogen-bond acceptors (Lipinski definition) is 7. The summed E-state index contributed by atoms with van der Waals surface area (Å²) in [5, 5.41) is 7.12. The van der Waals surface area contributed by atoms with Crippen LogP contribution in [0.3, 0.4) is 0 Å². The van der Waals surface area contributed by atoms with E-state index in [-0.39, 0.29) is 24.8 Å². The second-order valence-electron chi connectivity index (χ2n) is 9.70. The van der Waals surface area contributed by atoms with Gasteiger partial charge in [0, 0.05) is 25.9 Å². The van der Waals surface area contributed by atoms with E-state index < -0.39 is 6.04 Å². The molecule has 0 aliphatic carbocycles. The molecule has 1 saturated heterocycles. The van der Waals surface area contributed by atoms with Crippen molar-refractivity contribution in [2.75, 3.05) is 34.5 Å². The summed E-state index contributed by atoms with van der Waals surface area (Å²) in [5.41, 5.74) is 2.96. The molecule has 8 nitrogen and oxygen atoms in total. The fraction of sp³-hybridized carbons (Fsp3) is 0.419. The van der Waals surface area contributed by atoms with Gasteiger partial charge in [-0.1, -0.05) is 18.2 Å². The number of benzene rings is 2. The van der Waals surface area contributed by atoms with Gasteiger partial charge in [0.05, 0.1) is 27.9 Å². The lowest BCUT2D eigenvalue weighted by Gasteiger charge is -2.31. The lowest BCUT2D eigenvalue weighted by Crippen LogP contribution is -2.48. The highest BCUT2D eigenvalue weighted by Crippen LogP contribution is 2.39. The lowest BCUT2D eigenvalue weighted by atomic mass is 10.0. The van der Waals surface area contributed by atoms with Crippen LogP contribution >= 0.6 is 11.3 Å². The third-order valence-electron chi connectivity index (χ3n) is 7.09. The number of amides is 2. The van der Waals surface area contributed by atoms with Crippen LogP contribution in [-0.2, 0) is 29.0 Å². The molecule has 0 unspecified atom stereocenters. The SMILES string of the molecule is COc1ccccc1CCC(=O)N(Cc1cc(OC)c(OCCc2ccsc2)c(OC)c1)[C@H]1CCCCNC1=O. The molecule has 1 aliphatic rings. The Morgan fingerprint density at radius 3 is 2.42 bits per heavy atom. The Labute approximate surface area is 240 Å². The minimum absolute atomic E-state index is 0.0954. The summed E-state index contributed by atoms with van der Waals surface area (Å²) in [6.07, 6.45) is 3.90. The summed E-state index contributed by atoms with van der Waals surface area (Å²) in [5.74, 6) is 2.10. The van der Waals surface area contributed by atoms with Crippen LogP contribution in [0.15, 0.2) is 53.2 Å². The number of ether oxygens (including phenoxy) is 4. The molecule has 214 valence electrons. The van der Waals surface area contributed by atoms with Crippen molar-refractivity contribution in [3.05, 3.63) is 69.9 Å². The Kier molecular flexibility index (Phi) is 10.7. The number of aryl methyl sites for hydroxylation is 1. The summed E-state index contributed by atoms with van der Waals surface area (Å²) in [6.45, 7) is 1.33. The maximum Gasteiger partial charge on any atom is 0.242 e. The lowest BCUT2D eigenvalue weighted by molar-refractivity contribution is -0.141. The maximum atomic E-state index is 13.7. The molecule has 1 fully saturated rings. The molecule has 0 spiro atoms. The molecule has 2 aromatic carbocycles. The van der Waals surface area contributed by atoms with Gasteiger partial charge >= 0.3 is 0 Å². The van der Waals surface area contributed by atoms with Crippen molar-refractivity contribution in [3.63, 3.8) is 0 Å². The van der Waals surface area contributed by atoms with Gasteiger partial charge in [-0.2, -0.15) is 11.3 Å². The van der Waals surface area contributed by atoms with Crippen LogP contribution in [0.2, 0.25) is 0 Å². The summed E-state index contributed by atoms with van der Waals surface area (Å²) in [7, 11) is 4.79. The maximum absolute atomic E-state index is 13.7. The average Bonchev–Trinajstić information content (AvgIpc) is 3.41. The van der Waals surface area contributed by atoms with Crippen LogP contribution in [-0.4, -0.2) is 57.2 Å². The Morgan fingerprint density at radius 2 is 1.73 bits per heavy atom. The van der Waals surface area contributed by atoms with Gasteiger partial charge in [-0.05, 0) is 77.4 Å². The number of hydrogen-bond donors (Lipinski definition) is 1. The van der Waals surface area contributed by atoms with Crippen molar-refractivity contribution in [3.8, 4) is 23.0 Å². The van der Waals surface area contributed by atoms with Gasteiger partial charge in [0.2, 0.25) is 17.6 Å². The quantitative estimate of drug-likeness (QED) is 0.313. The molecular formula is C31H38N2O6S. The first kappa shape index (κ1) is 29.3. The topological polar surface area (TPSA) is 86.3 Å². The summed E-state index contributed by atoms with van der Waals surface area (Å²) >= 11 is 1.66. The molecular weight excluding hydrogens is 528 g/mol. The molecule has 0 bridgehead atoms. The first-order chi connectivity index (χ1) is 19.5. The molecule has 0 radical (unpaired) electrons. The van der Waals surface area contributed by atoms with Crippen LogP contribution in [0.5, 0.6) is 23.0 Å². The molecule has 2 amide bonds. The van der Waals surface area contributed by atoms with E-state index >= 15 is 0 Å². The van der Waals surface area contributed by atoms with Gasteiger partial charge in [-0.15, -0.1) is 0 Å². The van der Waals surface area contributed by atoms with E-state index in [0.717, 1.165) is 36.1 Å². The molecule has 40 heavy (non-hydrogen) atoms. The zero-order valence-electron chi connectivity index (χ0n) is 23.4. The molecule has 4 rings (SSSR count). The number of nitrogens with one attached hydrogen (secondary N) is 1. The van der Waals surface area contributed by atoms with Gasteiger partial charge in [0.25, 0.3) is 0 Å². The van der Waals surface area contributed by atoms with Crippen LogP contribution in [0.1, 0.15) is 42.4 Å². The normalized spacial score (nSPS) is 15.1. The van der Waals surface area contributed by atoms with E-state index in [4.69, 9.17) is 18.9 Å². The molecule has 1 aromatic heterocycles. The molecule has 1 N–H and O–H groups in total. The number of carbonyl (C=O) groups excluding carboxylic acids is 2. The molecule has 9 heteroatoms. The Bertz CT molecular complexity index is 1240. The minimum atomic E-state index is -0.550. The van der Waals surface area contributed by atoms with Crippen molar-refractivity contribution in [1.82, 2.24) is 10.2 Å². The molecule has 0 saturated carbocycles. The smallest absolute Gasteiger partial charge is 0.242 e. The monoisotopic (exact) mass is 566 g/mol. The number of carbonyl (C=O) groups is 2. The fourth-order valence-electron chi connectivity index (χ4n) is 4.96. The fourth-order valence-corrected chi connectivity index (χ4v) is 5.66. The Balaban J connectivity index is 1.56. The molecule has 2 heterocycles. The number of para-hydroxylation sites is 1. The summed E-state index contributed by atoms with van der Waals surface area (Å²) in [6, 6.07) is 12.9. The van der Waals surface area contributed by atoms with E-state index in [0.29, 0.717) is 43.2 Å². The van der Waals surface area contributed by atoms with E-state index in [1.165, 1.54) is 5.56 Å². The van der Waals surface area contributed by atoms with E-state index in [1.807, 2.05) is 41.8 Å². The van der Waals surface area contributed by atoms with E-state index in [1.54, 1.807) is 37.6 Å². The minimum Gasteiger partial charge on any atom is -0.496 e. The highest BCUT2D eigenvalue weighted by Gasteiger charge is 2.31. The third-order valence-corrected chi connectivity index (χ3v) is 7.83. The first-order valence-corrected chi connectivity index (χ1v) is 14.6. The number of thiophene rings is 1. The summed E-state index contributed by atoms with van der Waals surface area (Å²) < 4.78 is 22.9. The van der Waals surface area contributed by atoms with Gasteiger partial charge in [-0.25, -0.2) is 0 Å². The zero-order valence-corrected chi connectivity index (χ0v) is 24.3. The second kappa shape index (κ2) is 14.6. The summed E-state index contributed by atoms with van der Waals surface area (Å²) in [4.78, 5) is 28.5. The highest BCUT2D eigenvalue weighted by atomic mass is 32.1. The Hall–Kier alpha value is -3.72. The second-order valence-corrected chi connectivity index (χ2v) is 10.5. The van der Waals surface area contributed by atoms with Gasteiger partial charge < -0.3 is 29.2 Å². The van der Waals surface area contributed by atoms with Crippen molar-refractivity contribution >= 4 is 23.2 Å². The van der Waals surface area contributed by atoms with Crippen molar-refractivity contribution in [1.29, 1.82) is 0 Å².